The van der Waals surface area contributed by atoms with Gasteiger partial charge in [0.25, 0.3) is 0 Å². The highest BCUT2D eigenvalue weighted by molar-refractivity contribution is 5.54. The van der Waals surface area contributed by atoms with Crippen molar-refractivity contribution in [3.63, 3.8) is 0 Å². The molecule has 1 aliphatic carbocycles. The molecule has 5 nitrogen and oxygen atoms in total. The molecule has 0 spiro atoms. The molecule has 3 aliphatic heterocycles. The Bertz CT molecular complexity index is 983. The summed E-state index contributed by atoms with van der Waals surface area (Å²) in [4.78, 5) is 0. The van der Waals surface area contributed by atoms with Gasteiger partial charge in [0.05, 0.1) is 32.9 Å². The number of rotatable bonds is 4. The molecule has 2 unspecified atom stereocenters. The van der Waals surface area contributed by atoms with E-state index >= 15 is 0 Å². The second kappa shape index (κ2) is 6.30. The summed E-state index contributed by atoms with van der Waals surface area (Å²) < 4.78 is 24.0. The van der Waals surface area contributed by atoms with Gasteiger partial charge in [0.2, 0.25) is 6.79 Å². The SMILES string of the molecule is COc1ccc2c(c1OC)C[N+]1(CC3CC3)CCc3cc4c(cc3C1C2)OCO4. The minimum Gasteiger partial charge on any atom is -0.493 e. The number of ether oxygens (including phenoxy) is 4. The summed E-state index contributed by atoms with van der Waals surface area (Å²) in [6.45, 7) is 3.79. The van der Waals surface area contributed by atoms with E-state index in [9.17, 15) is 0 Å². The lowest BCUT2D eigenvalue weighted by Gasteiger charge is -2.51. The summed E-state index contributed by atoms with van der Waals surface area (Å²) in [6, 6.07) is 9.27. The lowest BCUT2D eigenvalue weighted by Crippen LogP contribution is -2.57. The van der Waals surface area contributed by atoms with Crippen LogP contribution in [-0.4, -0.2) is 38.6 Å². The second-order valence-electron chi connectivity index (χ2n) is 9.04. The molecule has 152 valence electrons. The van der Waals surface area contributed by atoms with Gasteiger partial charge in [0.15, 0.2) is 23.0 Å². The number of methoxy groups -OCH3 is 2. The fraction of sp³-hybridized carbons (Fsp3) is 0.500. The number of quaternary nitrogens is 1. The van der Waals surface area contributed by atoms with Gasteiger partial charge in [-0.15, -0.1) is 0 Å². The first-order valence-electron chi connectivity index (χ1n) is 10.7. The van der Waals surface area contributed by atoms with E-state index in [2.05, 4.69) is 24.3 Å². The van der Waals surface area contributed by atoms with Gasteiger partial charge in [0, 0.05) is 24.3 Å². The predicted octanol–water partition coefficient (Wildman–Crippen LogP) is 4.01. The van der Waals surface area contributed by atoms with Gasteiger partial charge in [-0.2, -0.15) is 0 Å². The van der Waals surface area contributed by atoms with Gasteiger partial charge in [0.1, 0.15) is 12.6 Å². The third-order valence-corrected chi connectivity index (χ3v) is 7.43. The molecule has 0 aromatic heterocycles. The van der Waals surface area contributed by atoms with Crippen molar-refractivity contribution in [2.24, 2.45) is 5.92 Å². The Morgan fingerprint density at radius 2 is 1.86 bits per heavy atom. The lowest BCUT2D eigenvalue weighted by molar-refractivity contribution is -0.975. The fourth-order valence-corrected chi connectivity index (χ4v) is 5.83. The van der Waals surface area contributed by atoms with Gasteiger partial charge in [-0.1, -0.05) is 6.07 Å². The van der Waals surface area contributed by atoms with Crippen LogP contribution in [-0.2, 0) is 19.4 Å². The second-order valence-corrected chi connectivity index (χ2v) is 9.04. The van der Waals surface area contributed by atoms with Crippen LogP contribution in [0.1, 0.15) is 41.1 Å². The summed E-state index contributed by atoms with van der Waals surface area (Å²) in [5.41, 5.74) is 5.63. The van der Waals surface area contributed by atoms with Crippen LogP contribution >= 0.6 is 0 Å². The molecule has 0 N–H and O–H groups in total. The average Bonchev–Trinajstić information content (AvgIpc) is 3.43. The first-order chi connectivity index (χ1) is 14.2. The molecule has 29 heavy (non-hydrogen) atoms. The molecule has 0 amide bonds. The van der Waals surface area contributed by atoms with Crippen LogP contribution in [0.3, 0.4) is 0 Å². The van der Waals surface area contributed by atoms with Crippen LogP contribution < -0.4 is 18.9 Å². The van der Waals surface area contributed by atoms with Crippen molar-refractivity contribution >= 4 is 0 Å². The molecule has 0 radical (unpaired) electrons. The summed E-state index contributed by atoms with van der Waals surface area (Å²) in [6.07, 6.45) is 4.89. The first kappa shape index (κ1) is 17.5. The van der Waals surface area contributed by atoms with Crippen molar-refractivity contribution in [3.8, 4) is 23.0 Å². The Kier molecular flexibility index (Phi) is 3.79. The van der Waals surface area contributed by atoms with Crippen LogP contribution in [0.2, 0.25) is 0 Å². The zero-order chi connectivity index (χ0) is 19.6. The fourth-order valence-electron chi connectivity index (χ4n) is 5.83. The maximum absolute atomic E-state index is 5.84. The van der Waals surface area contributed by atoms with Crippen molar-refractivity contribution in [1.29, 1.82) is 0 Å². The molecular formula is C24H28NO4+. The number of benzene rings is 2. The maximum atomic E-state index is 5.84. The Labute approximate surface area is 171 Å². The molecule has 1 fully saturated rings. The minimum absolute atomic E-state index is 0.338. The van der Waals surface area contributed by atoms with Crippen molar-refractivity contribution in [2.45, 2.75) is 38.3 Å². The molecule has 2 atom stereocenters. The van der Waals surface area contributed by atoms with Crippen molar-refractivity contribution in [1.82, 2.24) is 0 Å². The smallest absolute Gasteiger partial charge is 0.231 e. The molecule has 0 bridgehead atoms. The predicted molar refractivity (Wildman–Crippen MR) is 109 cm³/mol. The van der Waals surface area contributed by atoms with E-state index in [1.54, 1.807) is 14.2 Å². The van der Waals surface area contributed by atoms with Crippen LogP contribution in [0.25, 0.3) is 0 Å². The van der Waals surface area contributed by atoms with Crippen LogP contribution in [0.5, 0.6) is 23.0 Å². The first-order valence-corrected chi connectivity index (χ1v) is 10.7. The Morgan fingerprint density at radius 1 is 1.03 bits per heavy atom. The number of nitrogens with zero attached hydrogens (tertiary/aromatic N) is 1. The molecule has 2 aromatic carbocycles. The summed E-state index contributed by atoms with van der Waals surface area (Å²) in [7, 11) is 3.49. The third kappa shape index (κ3) is 2.63. The lowest BCUT2D eigenvalue weighted by atomic mass is 9.80. The van der Waals surface area contributed by atoms with E-state index in [1.165, 1.54) is 48.2 Å². The van der Waals surface area contributed by atoms with Crippen LogP contribution in [0, 0.1) is 5.92 Å². The highest BCUT2D eigenvalue weighted by Gasteiger charge is 2.49. The van der Waals surface area contributed by atoms with Crippen molar-refractivity contribution in [2.75, 3.05) is 34.1 Å². The largest absolute Gasteiger partial charge is 0.493 e. The van der Waals surface area contributed by atoms with E-state index in [-0.39, 0.29) is 0 Å². The number of hydrogen-bond acceptors (Lipinski definition) is 4. The van der Waals surface area contributed by atoms with E-state index in [0.717, 1.165) is 52.8 Å². The standard InChI is InChI=1S/C24H28NO4/c1-26-21-6-5-16-9-20-18-11-23-22(28-14-29-23)10-17(18)7-8-25(20,12-15-3-4-15)13-19(16)24(21)27-2/h5-6,10-11,15,20H,3-4,7-9,12-14H2,1-2H3/q+1. The summed E-state index contributed by atoms with van der Waals surface area (Å²) in [5.74, 6) is 4.45. The molecule has 1 saturated carbocycles. The molecule has 3 heterocycles. The summed E-state index contributed by atoms with van der Waals surface area (Å²) >= 11 is 0. The third-order valence-electron chi connectivity index (χ3n) is 7.43. The zero-order valence-corrected chi connectivity index (χ0v) is 17.2. The van der Waals surface area contributed by atoms with Crippen molar-refractivity contribution in [3.05, 3.63) is 46.5 Å². The number of hydrogen-bond donors (Lipinski definition) is 0. The molecule has 4 aliphatic rings. The topological polar surface area (TPSA) is 36.9 Å². The van der Waals surface area contributed by atoms with Gasteiger partial charge in [-0.25, -0.2) is 0 Å². The Hall–Kier alpha value is -2.40. The van der Waals surface area contributed by atoms with Crippen molar-refractivity contribution < 1.29 is 23.4 Å². The summed E-state index contributed by atoms with van der Waals surface area (Å²) in [5, 5.41) is 0. The van der Waals surface area contributed by atoms with E-state index < -0.39 is 0 Å². The quantitative estimate of drug-likeness (QED) is 0.734. The average molecular weight is 394 g/mol. The molecule has 5 heteroatoms. The van der Waals surface area contributed by atoms with E-state index in [1.807, 2.05) is 0 Å². The molecule has 0 saturated heterocycles. The van der Waals surface area contributed by atoms with E-state index in [4.69, 9.17) is 18.9 Å². The van der Waals surface area contributed by atoms with Gasteiger partial charge >= 0.3 is 0 Å². The highest BCUT2D eigenvalue weighted by atomic mass is 16.7. The monoisotopic (exact) mass is 394 g/mol. The number of fused-ring (bicyclic) bond motifs is 5. The van der Waals surface area contributed by atoms with Gasteiger partial charge in [-0.05, 0) is 42.2 Å². The van der Waals surface area contributed by atoms with Gasteiger partial charge < -0.3 is 23.4 Å². The zero-order valence-electron chi connectivity index (χ0n) is 17.2. The highest BCUT2D eigenvalue weighted by Crippen LogP contribution is 2.52. The Morgan fingerprint density at radius 3 is 2.62 bits per heavy atom. The Balaban J connectivity index is 1.49. The molecule has 2 aromatic rings. The molecule has 6 rings (SSSR count). The molecular weight excluding hydrogens is 366 g/mol. The van der Waals surface area contributed by atoms with Crippen LogP contribution in [0.15, 0.2) is 24.3 Å². The maximum Gasteiger partial charge on any atom is 0.231 e. The normalized spacial score (nSPS) is 26.3. The van der Waals surface area contributed by atoms with Crippen LogP contribution in [0.4, 0.5) is 0 Å². The van der Waals surface area contributed by atoms with E-state index in [0.29, 0.717) is 12.8 Å². The minimum atomic E-state index is 0.338. The van der Waals surface area contributed by atoms with Gasteiger partial charge in [-0.3, -0.25) is 0 Å².